The number of hydrogen-bond donors (Lipinski definition) is 3. The lowest BCUT2D eigenvalue weighted by molar-refractivity contribution is -0.125. The Bertz CT molecular complexity index is 1080. The normalized spacial score (nSPS) is 20.1. The van der Waals surface area contributed by atoms with Crippen LogP contribution < -0.4 is 5.32 Å². The fourth-order valence-electron chi connectivity index (χ4n) is 4.68. The van der Waals surface area contributed by atoms with E-state index in [1.54, 1.807) is 20.0 Å². The molecule has 0 radical (unpaired) electrons. The molecule has 3 aromatic heterocycles. The van der Waals surface area contributed by atoms with Crippen molar-refractivity contribution in [3.8, 4) is 0 Å². The number of aromatic nitrogens is 4. The maximum absolute atomic E-state index is 12.3. The molecule has 166 valence electrons. The van der Waals surface area contributed by atoms with Gasteiger partial charge in [-0.05, 0) is 64.2 Å². The van der Waals surface area contributed by atoms with Crippen molar-refractivity contribution in [1.29, 1.82) is 0 Å². The molecular formula is C23H32N6O2. The zero-order valence-corrected chi connectivity index (χ0v) is 18.6. The zero-order chi connectivity index (χ0) is 22.0. The van der Waals surface area contributed by atoms with Crippen LogP contribution in [-0.4, -0.2) is 49.4 Å². The summed E-state index contributed by atoms with van der Waals surface area (Å²) in [4.78, 5) is 29.0. The number of nitrogens with one attached hydrogen (secondary N) is 2. The minimum absolute atomic E-state index is 0.0565. The number of carbonyl (C=O) groups excluding carboxylic acids is 1. The Hall–Kier alpha value is -2.74. The number of rotatable bonds is 7. The maximum atomic E-state index is 12.3. The minimum Gasteiger partial charge on any atom is -0.390 e. The summed E-state index contributed by atoms with van der Waals surface area (Å²) in [5, 5.41) is 13.9. The van der Waals surface area contributed by atoms with E-state index in [1.807, 2.05) is 25.5 Å². The minimum atomic E-state index is -1.04. The van der Waals surface area contributed by atoms with E-state index in [4.69, 9.17) is 4.98 Å². The van der Waals surface area contributed by atoms with Crippen molar-refractivity contribution in [2.75, 3.05) is 7.05 Å². The summed E-state index contributed by atoms with van der Waals surface area (Å²) in [6, 6.07) is 2.38. The number of H-pyrrole nitrogens is 1. The molecule has 1 aliphatic carbocycles. The van der Waals surface area contributed by atoms with Gasteiger partial charge in [0, 0.05) is 24.7 Å². The molecule has 0 spiro atoms. The molecule has 1 fully saturated rings. The van der Waals surface area contributed by atoms with Crippen molar-refractivity contribution in [3.63, 3.8) is 0 Å². The first-order valence-electron chi connectivity index (χ1n) is 11.1. The number of amides is 1. The molecule has 0 atom stereocenters. The number of aliphatic hydroxyl groups is 1. The fourth-order valence-corrected chi connectivity index (χ4v) is 4.68. The average molecular weight is 425 g/mol. The molecule has 1 saturated carbocycles. The molecule has 3 heterocycles. The van der Waals surface area contributed by atoms with E-state index >= 15 is 0 Å². The molecule has 0 aliphatic heterocycles. The topological polar surface area (TPSA) is 108 Å². The van der Waals surface area contributed by atoms with Crippen LogP contribution >= 0.6 is 0 Å². The van der Waals surface area contributed by atoms with E-state index in [1.165, 1.54) is 0 Å². The predicted molar refractivity (Wildman–Crippen MR) is 122 cm³/mol. The van der Waals surface area contributed by atoms with Gasteiger partial charge in [-0.15, -0.1) is 0 Å². The molecule has 1 aliphatic rings. The first-order valence-corrected chi connectivity index (χ1v) is 11.1. The number of hydrogen-bond acceptors (Lipinski definition) is 5. The van der Waals surface area contributed by atoms with Gasteiger partial charge in [0.05, 0.1) is 30.3 Å². The quantitative estimate of drug-likeness (QED) is 0.504. The molecule has 8 heteroatoms. The van der Waals surface area contributed by atoms with Crippen LogP contribution in [0.2, 0.25) is 0 Å². The highest BCUT2D eigenvalue weighted by molar-refractivity contribution is 6.01. The lowest BCUT2D eigenvalue weighted by Gasteiger charge is -2.30. The second-order valence-corrected chi connectivity index (χ2v) is 9.25. The van der Waals surface area contributed by atoms with E-state index in [-0.39, 0.29) is 12.3 Å². The number of aromatic amines is 1. The molecule has 0 saturated heterocycles. The predicted octanol–water partition coefficient (Wildman–Crippen LogP) is 3.51. The Morgan fingerprint density at radius 2 is 2.16 bits per heavy atom. The number of carbonyl (C=O) groups is 1. The third-order valence-corrected chi connectivity index (χ3v) is 6.15. The molecule has 31 heavy (non-hydrogen) atoms. The highest BCUT2D eigenvalue weighted by Gasteiger charge is 2.27. The molecule has 8 nitrogen and oxygen atoms in total. The second kappa shape index (κ2) is 8.78. The zero-order valence-electron chi connectivity index (χ0n) is 18.6. The second-order valence-electron chi connectivity index (χ2n) is 9.25. The summed E-state index contributed by atoms with van der Waals surface area (Å²) in [5.74, 6) is 1.34. The Kier molecular flexibility index (Phi) is 6.09. The average Bonchev–Trinajstić information content (AvgIpc) is 3.33. The van der Waals surface area contributed by atoms with Gasteiger partial charge in [-0.3, -0.25) is 4.79 Å². The summed E-state index contributed by atoms with van der Waals surface area (Å²) >= 11 is 0. The Balaban J connectivity index is 1.64. The Morgan fingerprint density at radius 3 is 2.87 bits per heavy atom. The summed E-state index contributed by atoms with van der Waals surface area (Å²) in [5.41, 5.74) is 1.74. The molecule has 0 bridgehead atoms. The van der Waals surface area contributed by atoms with Crippen molar-refractivity contribution in [2.24, 2.45) is 10.9 Å². The highest BCUT2D eigenvalue weighted by atomic mass is 16.3. The first-order chi connectivity index (χ1) is 14.9. The third-order valence-electron chi connectivity index (χ3n) is 6.15. The third kappa shape index (κ3) is 4.79. The van der Waals surface area contributed by atoms with E-state index < -0.39 is 5.60 Å². The van der Waals surface area contributed by atoms with Gasteiger partial charge in [0.25, 0.3) is 0 Å². The van der Waals surface area contributed by atoms with E-state index in [0.29, 0.717) is 18.5 Å². The molecular weight excluding hydrogens is 392 g/mol. The molecule has 3 N–H and O–H groups in total. The Morgan fingerprint density at radius 1 is 1.39 bits per heavy atom. The van der Waals surface area contributed by atoms with Crippen LogP contribution in [0, 0.1) is 5.92 Å². The number of fused-ring (bicyclic) bond motifs is 3. The van der Waals surface area contributed by atoms with Crippen LogP contribution in [0.25, 0.3) is 22.1 Å². The molecule has 0 aromatic carbocycles. The van der Waals surface area contributed by atoms with E-state index in [0.717, 1.165) is 60.0 Å². The van der Waals surface area contributed by atoms with Crippen molar-refractivity contribution < 1.29 is 9.90 Å². The van der Waals surface area contributed by atoms with Gasteiger partial charge < -0.3 is 25.0 Å². The van der Waals surface area contributed by atoms with Crippen molar-refractivity contribution in [3.05, 3.63) is 24.3 Å². The van der Waals surface area contributed by atoms with Crippen LogP contribution in [0.5, 0.6) is 0 Å². The smallest absolute Gasteiger partial charge is 0.223 e. The van der Waals surface area contributed by atoms with Crippen LogP contribution in [-0.2, 0) is 11.3 Å². The van der Waals surface area contributed by atoms with Crippen molar-refractivity contribution in [1.82, 2.24) is 24.8 Å². The van der Waals surface area contributed by atoms with Crippen molar-refractivity contribution >= 4 is 34.2 Å². The SMILES string of the molecule is CN=CCC1CCC(n2c(CNC(=O)CC(C)(C)O)nc3cnc4[nH]ccc4c32)CC1. The molecule has 3 aromatic rings. The number of imidazole rings is 1. The number of pyridine rings is 1. The lowest BCUT2D eigenvalue weighted by atomic mass is 9.84. The fraction of sp³-hybridized carbons (Fsp3) is 0.565. The van der Waals surface area contributed by atoms with Gasteiger partial charge in [0.15, 0.2) is 0 Å². The van der Waals surface area contributed by atoms with Crippen LogP contribution in [0.3, 0.4) is 0 Å². The van der Waals surface area contributed by atoms with Gasteiger partial charge in [-0.1, -0.05) is 0 Å². The van der Waals surface area contributed by atoms with Crippen molar-refractivity contribution in [2.45, 2.75) is 70.6 Å². The standard InChI is InChI=1S/C23H32N6O2/c1-23(2,31)12-20(30)26-14-19-28-18-13-27-22-17(9-11-25-22)21(18)29(19)16-6-4-15(5-7-16)8-10-24-3/h9-11,13,15-16,31H,4-8,12,14H2,1-3H3,(H,25,27)(H,26,30). The van der Waals surface area contributed by atoms with Crippen LogP contribution in [0.1, 0.15) is 64.2 Å². The largest absolute Gasteiger partial charge is 0.390 e. The lowest BCUT2D eigenvalue weighted by Crippen LogP contribution is -2.33. The molecule has 4 rings (SSSR count). The van der Waals surface area contributed by atoms with Crippen LogP contribution in [0.15, 0.2) is 23.5 Å². The number of aliphatic imine (C=N–C) groups is 1. The molecule has 1 amide bonds. The highest BCUT2D eigenvalue weighted by Crippen LogP contribution is 2.37. The first kappa shape index (κ1) is 21.5. The van der Waals surface area contributed by atoms with Gasteiger partial charge in [0.1, 0.15) is 17.0 Å². The maximum Gasteiger partial charge on any atom is 0.223 e. The summed E-state index contributed by atoms with van der Waals surface area (Å²) in [6.07, 6.45) is 11.3. The molecule has 0 unspecified atom stereocenters. The van der Waals surface area contributed by atoms with Gasteiger partial charge in [0.2, 0.25) is 5.91 Å². The van der Waals surface area contributed by atoms with Gasteiger partial charge >= 0.3 is 0 Å². The summed E-state index contributed by atoms with van der Waals surface area (Å²) in [6.45, 7) is 3.60. The monoisotopic (exact) mass is 424 g/mol. The van der Waals surface area contributed by atoms with Gasteiger partial charge in [-0.2, -0.15) is 0 Å². The summed E-state index contributed by atoms with van der Waals surface area (Å²) < 4.78 is 2.32. The van der Waals surface area contributed by atoms with E-state index in [9.17, 15) is 9.90 Å². The summed E-state index contributed by atoms with van der Waals surface area (Å²) in [7, 11) is 1.83. The number of nitrogens with zero attached hydrogens (tertiary/aromatic N) is 4. The van der Waals surface area contributed by atoms with E-state index in [2.05, 4.69) is 24.8 Å². The Labute approximate surface area is 182 Å². The van der Waals surface area contributed by atoms with Gasteiger partial charge in [-0.25, -0.2) is 9.97 Å². The van der Waals surface area contributed by atoms with Crippen LogP contribution in [0.4, 0.5) is 0 Å².